The van der Waals surface area contributed by atoms with Gasteiger partial charge in [-0.1, -0.05) is 6.07 Å². The van der Waals surface area contributed by atoms with E-state index < -0.39 is 0 Å². The van der Waals surface area contributed by atoms with Gasteiger partial charge in [-0.15, -0.1) is 0 Å². The largest absolute Gasteiger partial charge is 0.288 e. The zero-order chi connectivity index (χ0) is 15.1. The Morgan fingerprint density at radius 1 is 1.10 bits per heavy atom. The number of carbonyl (C=O) groups is 1. The molecule has 2 aromatic heterocycles. The molecule has 3 rings (SSSR count). The Morgan fingerprint density at radius 2 is 1.86 bits per heavy atom. The van der Waals surface area contributed by atoms with Gasteiger partial charge < -0.3 is 0 Å². The average Bonchev–Trinajstić information content (AvgIpc) is 2.71. The molecule has 0 unspecified atom stereocenters. The summed E-state index contributed by atoms with van der Waals surface area (Å²) in [6, 6.07) is 9.59. The van der Waals surface area contributed by atoms with Gasteiger partial charge in [0.05, 0.1) is 16.8 Å². The zero-order valence-corrected chi connectivity index (χ0v) is 12.6. The first kappa shape index (κ1) is 13.5. The second-order valence-electron chi connectivity index (χ2n) is 5.36. The van der Waals surface area contributed by atoms with E-state index in [1.165, 1.54) is 0 Å². The lowest BCUT2D eigenvalue weighted by atomic mass is 10.00. The number of hydrogen-bond acceptors (Lipinski definition) is 3. The monoisotopic (exact) mass is 279 g/mol. The van der Waals surface area contributed by atoms with Gasteiger partial charge in [0.25, 0.3) is 0 Å². The zero-order valence-electron chi connectivity index (χ0n) is 12.6. The van der Waals surface area contributed by atoms with Crippen LogP contribution in [0.4, 0.5) is 0 Å². The van der Waals surface area contributed by atoms with Crippen LogP contribution >= 0.6 is 0 Å². The fourth-order valence-electron chi connectivity index (χ4n) is 2.62. The number of fused-ring (bicyclic) bond motifs is 1. The Hall–Kier alpha value is -2.49. The van der Waals surface area contributed by atoms with Crippen molar-refractivity contribution in [2.75, 3.05) is 0 Å². The summed E-state index contributed by atoms with van der Waals surface area (Å²) in [6.07, 6.45) is 0. The van der Waals surface area contributed by atoms with Crippen molar-refractivity contribution in [1.82, 2.24) is 14.8 Å². The summed E-state index contributed by atoms with van der Waals surface area (Å²) in [5.41, 5.74) is 4.90. The number of aryl methyl sites for hydroxylation is 3. The maximum absolute atomic E-state index is 12.7. The summed E-state index contributed by atoms with van der Waals surface area (Å²) in [7, 11) is 1.85. The van der Waals surface area contributed by atoms with Crippen LogP contribution in [0.15, 0.2) is 30.3 Å². The molecule has 0 saturated heterocycles. The molecule has 0 bridgehead atoms. The molecule has 0 aliphatic carbocycles. The SMILES string of the molecule is Cc1ccc2cc(C(=O)c3c(C)nn(C)c3C)ccc2n1. The maximum atomic E-state index is 12.7. The third-order valence-corrected chi connectivity index (χ3v) is 3.83. The molecule has 0 fully saturated rings. The minimum atomic E-state index is 0.0144. The molecular formula is C17H17N3O. The molecule has 4 heteroatoms. The highest BCUT2D eigenvalue weighted by molar-refractivity contribution is 6.11. The third-order valence-electron chi connectivity index (χ3n) is 3.83. The quantitative estimate of drug-likeness (QED) is 0.677. The minimum absolute atomic E-state index is 0.0144. The van der Waals surface area contributed by atoms with Crippen molar-refractivity contribution >= 4 is 16.7 Å². The second kappa shape index (κ2) is 4.81. The van der Waals surface area contributed by atoms with Crippen molar-refractivity contribution in [3.63, 3.8) is 0 Å². The highest BCUT2D eigenvalue weighted by Gasteiger charge is 2.19. The summed E-state index contributed by atoms with van der Waals surface area (Å²) in [5, 5.41) is 5.29. The van der Waals surface area contributed by atoms with Crippen LogP contribution in [0, 0.1) is 20.8 Å². The highest BCUT2D eigenvalue weighted by atomic mass is 16.1. The Labute approximate surface area is 123 Å². The van der Waals surface area contributed by atoms with Crippen LogP contribution in [0.2, 0.25) is 0 Å². The molecule has 0 N–H and O–H groups in total. The lowest BCUT2D eigenvalue weighted by Crippen LogP contribution is -2.05. The Kier molecular flexibility index (Phi) is 3.09. The van der Waals surface area contributed by atoms with E-state index in [0.717, 1.165) is 28.0 Å². The van der Waals surface area contributed by atoms with E-state index in [9.17, 15) is 4.79 Å². The van der Waals surface area contributed by atoms with Gasteiger partial charge >= 0.3 is 0 Å². The van der Waals surface area contributed by atoms with E-state index in [1.807, 2.05) is 58.2 Å². The lowest BCUT2D eigenvalue weighted by Gasteiger charge is -2.04. The van der Waals surface area contributed by atoms with Gasteiger partial charge in [-0.2, -0.15) is 5.10 Å². The number of aromatic nitrogens is 3. The van der Waals surface area contributed by atoms with E-state index in [-0.39, 0.29) is 5.78 Å². The maximum Gasteiger partial charge on any atom is 0.196 e. The standard InChI is InChI=1S/C17H17N3O/c1-10-5-6-13-9-14(7-8-15(13)18-10)17(21)16-11(2)19-20(4)12(16)3/h5-9H,1-4H3. The first-order valence-corrected chi connectivity index (χ1v) is 6.89. The Bertz CT molecular complexity index is 862. The molecule has 0 saturated carbocycles. The topological polar surface area (TPSA) is 47.8 Å². The predicted octanol–water partition coefficient (Wildman–Crippen LogP) is 3.12. The van der Waals surface area contributed by atoms with Gasteiger partial charge in [0.1, 0.15) is 0 Å². The fraction of sp³-hybridized carbons (Fsp3) is 0.235. The Morgan fingerprint density at radius 3 is 2.52 bits per heavy atom. The molecule has 3 aromatic rings. The van der Waals surface area contributed by atoms with Crippen LogP contribution in [-0.4, -0.2) is 20.5 Å². The summed E-state index contributed by atoms with van der Waals surface area (Å²) in [4.78, 5) is 17.2. The number of hydrogen-bond donors (Lipinski definition) is 0. The van der Waals surface area contributed by atoms with Crippen LogP contribution in [0.25, 0.3) is 10.9 Å². The second-order valence-corrected chi connectivity index (χ2v) is 5.36. The van der Waals surface area contributed by atoms with Crippen LogP contribution in [-0.2, 0) is 7.05 Å². The van der Waals surface area contributed by atoms with E-state index in [0.29, 0.717) is 11.1 Å². The first-order chi connectivity index (χ1) is 9.97. The number of carbonyl (C=O) groups excluding carboxylic acids is 1. The van der Waals surface area contributed by atoms with E-state index in [2.05, 4.69) is 10.1 Å². The normalized spacial score (nSPS) is 11.0. The van der Waals surface area contributed by atoms with E-state index >= 15 is 0 Å². The van der Waals surface area contributed by atoms with E-state index in [4.69, 9.17) is 0 Å². The van der Waals surface area contributed by atoms with Crippen molar-refractivity contribution in [2.45, 2.75) is 20.8 Å². The molecule has 106 valence electrons. The van der Waals surface area contributed by atoms with Crippen molar-refractivity contribution in [3.8, 4) is 0 Å². The Balaban J connectivity index is 2.11. The van der Waals surface area contributed by atoms with E-state index in [1.54, 1.807) is 4.68 Å². The molecule has 0 atom stereocenters. The number of benzene rings is 1. The van der Waals surface area contributed by atoms with Gasteiger partial charge in [-0.25, -0.2) is 0 Å². The lowest BCUT2D eigenvalue weighted by molar-refractivity contribution is 0.103. The van der Waals surface area contributed by atoms with Gasteiger partial charge in [-0.05, 0) is 45.0 Å². The van der Waals surface area contributed by atoms with Crippen molar-refractivity contribution in [2.24, 2.45) is 7.05 Å². The molecule has 0 radical (unpaired) electrons. The van der Waals surface area contributed by atoms with Crippen molar-refractivity contribution in [1.29, 1.82) is 0 Å². The van der Waals surface area contributed by atoms with Crippen LogP contribution in [0.1, 0.15) is 33.0 Å². The molecule has 4 nitrogen and oxygen atoms in total. The van der Waals surface area contributed by atoms with Gasteiger partial charge in [0.2, 0.25) is 0 Å². The molecule has 0 aliphatic heterocycles. The molecular weight excluding hydrogens is 262 g/mol. The summed E-state index contributed by atoms with van der Waals surface area (Å²) in [5.74, 6) is 0.0144. The molecule has 21 heavy (non-hydrogen) atoms. The molecule has 2 heterocycles. The molecule has 0 aliphatic rings. The van der Waals surface area contributed by atoms with Gasteiger partial charge in [0.15, 0.2) is 5.78 Å². The summed E-state index contributed by atoms with van der Waals surface area (Å²) >= 11 is 0. The minimum Gasteiger partial charge on any atom is -0.288 e. The number of nitrogens with zero attached hydrogens (tertiary/aromatic N) is 3. The van der Waals surface area contributed by atoms with Gasteiger partial charge in [0, 0.05) is 29.4 Å². The first-order valence-electron chi connectivity index (χ1n) is 6.89. The number of rotatable bonds is 2. The molecule has 1 aromatic carbocycles. The van der Waals surface area contributed by atoms with Crippen LogP contribution < -0.4 is 0 Å². The van der Waals surface area contributed by atoms with Gasteiger partial charge in [-0.3, -0.25) is 14.5 Å². The third kappa shape index (κ3) is 2.23. The summed E-state index contributed by atoms with van der Waals surface area (Å²) in [6.45, 7) is 5.74. The number of ketones is 1. The molecule has 0 spiro atoms. The smallest absolute Gasteiger partial charge is 0.196 e. The van der Waals surface area contributed by atoms with Crippen molar-refractivity contribution < 1.29 is 4.79 Å². The summed E-state index contributed by atoms with van der Waals surface area (Å²) < 4.78 is 1.74. The number of pyridine rings is 1. The molecule has 0 amide bonds. The van der Waals surface area contributed by atoms with Crippen LogP contribution in [0.3, 0.4) is 0 Å². The van der Waals surface area contributed by atoms with Crippen LogP contribution in [0.5, 0.6) is 0 Å². The van der Waals surface area contributed by atoms with Crippen molar-refractivity contribution in [3.05, 3.63) is 58.5 Å². The highest BCUT2D eigenvalue weighted by Crippen LogP contribution is 2.20. The fourth-order valence-corrected chi connectivity index (χ4v) is 2.62. The average molecular weight is 279 g/mol. The predicted molar refractivity (Wildman–Crippen MR) is 82.6 cm³/mol.